The highest BCUT2D eigenvalue weighted by molar-refractivity contribution is 5.98. The minimum Gasteiger partial charge on any atom is -0.451 e. The molecule has 1 amide bonds. The third-order valence-electron chi connectivity index (χ3n) is 5.21. The molecule has 0 radical (unpaired) electrons. The van der Waals surface area contributed by atoms with Crippen LogP contribution in [-0.2, 0) is 16.1 Å². The summed E-state index contributed by atoms with van der Waals surface area (Å²) in [6.45, 7) is 7.19. The number of nitrogens with one attached hydrogen (secondary N) is 1. The van der Waals surface area contributed by atoms with E-state index in [1.807, 2.05) is 12.1 Å². The molecule has 7 nitrogen and oxygen atoms in total. The first-order valence-electron chi connectivity index (χ1n) is 11.0. The van der Waals surface area contributed by atoms with Crippen molar-refractivity contribution in [3.8, 4) is 23.7 Å². The Kier molecular flexibility index (Phi) is 8.86. The van der Waals surface area contributed by atoms with Crippen LogP contribution in [0.25, 0.3) is 0 Å². The van der Waals surface area contributed by atoms with E-state index in [9.17, 15) is 14.7 Å². The molecule has 172 valence electrons. The Bertz CT molecular complexity index is 1070. The number of benzene rings is 1. The molecule has 3 rings (SSSR count). The van der Waals surface area contributed by atoms with Crippen LogP contribution >= 0.6 is 0 Å². The number of morpholine rings is 1. The molecule has 1 aromatic heterocycles. The van der Waals surface area contributed by atoms with Gasteiger partial charge in [-0.1, -0.05) is 12.8 Å². The molecule has 0 spiro atoms. The fraction of sp³-hybridized carbons (Fsp3) is 0.385. The van der Waals surface area contributed by atoms with Gasteiger partial charge in [-0.05, 0) is 61.1 Å². The van der Waals surface area contributed by atoms with Crippen LogP contribution in [-0.4, -0.2) is 60.1 Å². The van der Waals surface area contributed by atoms with Crippen molar-refractivity contribution in [2.24, 2.45) is 0 Å². The molecule has 2 aromatic rings. The molecule has 1 saturated heterocycles. The molecule has 1 aliphatic rings. The Morgan fingerprint density at radius 3 is 2.45 bits per heavy atom. The maximum atomic E-state index is 12.4. The largest absolute Gasteiger partial charge is 0.451 e. The van der Waals surface area contributed by atoms with E-state index in [4.69, 9.17) is 9.15 Å². The fourth-order valence-electron chi connectivity index (χ4n) is 3.33. The number of aliphatic hydroxyl groups excluding tert-OH is 1. The van der Waals surface area contributed by atoms with Crippen LogP contribution in [0.3, 0.4) is 0 Å². The van der Waals surface area contributed by atoms with Crippen molar-refractivity contribution in [3.05, 3.63) is 59.0 Å². The number of aliphatic hydroxyl groups is 1. The zero-order chi connectivity index (χ0) is 23.6. The van der Waals surface area contributed by atoms with Gasteiger partial charge in [0.25, 0.3) is 5.91 Å². The Labute approximate surface area is 194 Å². The third kappa shape index (κ3) is 7.34. The monoisotopic (exact) mass is 448 g/mol. The van der Waals surface area contributed by atoms with Gasteiger partial charge in [-0.2, -0.15) is 0 Å². The van der Waals surface area contributed by atoms with Gasteiger partial charge < -0.3 is 19.6 Å². The lowest BCUT2D eigenvalue weighted by atomic mass is 10.0. The number of carbonyl (C=O) groups excluding carboxylic acids is 2. The topological polar surface area (TPSA) is 92.0 Å². The zero-order valence-electron chi connectivity index (χ0n) is 18.9. The molecule has 2 atom stereocenters. The van der Waals surface area contributed by atoms with Gasteiger partial charge in [-0.3, -0.25) is 14.5 Å². The highest BCUT2D eigenvalue weighted by Gasteiger charge is 2.24. The number of furan rings is 1. The van der Waals surface area contributed by atoms with E-state index in [-0.39, 0.29) is 12.2 Å². The van der Waals surface area contributed by atoms with E-state index in [1.165, 1.54) is 6.92 Å². The van der Waals surface area contributed by atoms with E-state index >= 15 is 0 Å². The van der Waals surface area contributed by atoms with Gasteiger partial charge in [0.2, 0.25) is 0 Å². The molecule has 2 N–H and O–H groups in total. The predicted molar refractivity (Wildman–Crippen MR) is 123 cm³/mol. The Morgan fingerprint density at radius 1 is 1.09 bits per heavy atom. The quantitative estimate of drug-likeness (QED) is 0.630. The minimum atomic E-state index is -0.963. The summed E-state index contributed by atoms with van der Waals surface area (Å²) in [5.74, 6) is 12.2. The van der Waals surface area contributed by atoms with E-state index in [0.717, 1.165) is 38.6 Å². The number of ketones is 1. The molecule has 33 heavy (non-hydrogen) atoms. The number of carbonyl (C=O) groups is 2. The smallest absolute Gasteiger partial charge is 0.251 e. The number of nitrogens with zero attached hydrogens (tertiary/aromatic N) is 1. The van der Waals surface area contributed by atoms with Gasteiger partial charge in [0.05, 0.1) is 25.9 Å². The standard InChI is InChI=1S/C26H28N2O5/c1-3-24(30)25(19(2)29)27-26(31)21-10-8-20(9-11-21)6-4-5-7-22-12-13-23(33-22)18-28-14-16-32-17-15-28/h8-13,19,25,29H,3,14-18H2,1-2H3,(H,27,31)/t19-,25-/m0/s1. The van der Waals surface area contributed by atoms with Gasteiger partial charge in [0, 0.05) is 30.6 Å². The number of ether oxygens (including phenoxy) is 1. The zero-order valence-corrected chi connectivity index (χ0v) is 18.9. The summed E-state index contributed by atoms with van der Waals surface area (Å²) in [4.78, 5) is 26.6. The molecular formula is C26H28N2O5. The molecule has 1 fully saturated rings. The van der Waals surface area contributed by atoms with E-state index in [0.29, 0.717) is 16.9 Å². The number of rotatable bonds is 7. The maximum Gasteiger partial charge on any atom is 0.251 e. The lowest BCUT2D eigenvalue weighted by molar-refractivity contribution is -0.122. The molecule has 0 saturated carbocycles. The Hall–Kier alpha value is -3.36. The van der Waals surface area contributed by atoms with Gasteiger partial charge in [0.1, 0.15) is 11.8 Å². The van der Waals surface area contributed by atoms with E-state index < -0.39 is 18.1 Å². The first-order chi connectivity index (χ1) is 16.0. The second kappa shape index (κ2) is 12.0. The highest BCUT2D eigenvalue weighted by atomic mass is 16.5. The molecule has 1 aromatic carbocycles. The van der Waals surface area contributed by atoms with E-state index in [2.05, 4.69) is 33.9 Å². The van der Waals surface area contributed by atoms with Crippen molar-refractivity contribution >= 4 is 11.7 Å². The van der Waals surface area contributed by atoms with Crippen molar-refractivity contribution in [2.45, 2.75) is 39.0 Å². The molecule has 0 unspecified atom stereocenters. The summed E-state index contributed by atoms with van der Waals surface area (Å²) >= 11 is 0. The molecule has 1 aliphatic heterocycles. The van der Waals surface area contributed by atoms with Crippen molar-refractivity contribution in [2.75, 3.05) is 26.3 Å². The van der Waals surface area contributed by atoms with Crippen LogP contribution in [0.4, 0.5) is 0 Å². The van der Waals surface area contributed by atoms with Crippen molar-refractivity contribution in [1.29, 1.82) is 0 Å². The van der Waals surface area contributed by atoms with Crippen LogP contribution in [0, 0.1) is 23.7 Å². The third-order valence-corrected chi connectivity index (χ3v) is 5.21. The Balaban J connectivity index is 1.55. The lowest BCUT2D eigenvalue weighted by Gasteiger charge is -2.25. The van der Waals surface area contributed by atoms with Crippen LogP contribution in [0.1, 0.15) is 47.7 Å². The number of Topliss-reactive ketones (excluding diaryl/α,β-unsaturated/α-hetero) is 1. The van der Waals surface area contributed by atoms with Crippen LogP contribution in [0.2, 0.25) is 0 Å². The van der Waals surface area contributed by atoms with Crippen LogP contribution in [0.5, 0.6) is 0 Å². The van der Waals surface area contributed by atoms with Crippen molar-refractivity contribution in [1.82, 2.24) is 10.2 Å². The molecule has 2 heterocycles. The first-order valence-corrected chi connectivity index (χ1v) is 11.0. The number of hydrogen-bond donors (Lipinski definition) is 2. The number of hydrogen-bond acceptors (Lipinski definition) is 6. The summed E-state index contributed by atoms with van der Waals surface area (Å²) in [5.41, 5.74) is 1.08. The average Bonchev–Trinajstić information content (AvgIpc) is 3.27. The SMILES string of the molecule is CCC(=O)[C@@H](NC(=O)c1ccc(C#CC#Cc2ccc(CN3CCOCC3)o2)cc1)[C@H](C)O. The summed E-state index contributed by atoms with van der Waals surface area (Å²) in [5, 5.41) is 12.3. The molecule has 0 bridgehead atoms. The summed E-state index contributed by atoms with van der Waals surface area (Å²) in [6, 6.07) is 9.48. The molecule has 0 aliphatic carbocycles. The lowest BCUT2D eigenvalue weighted by Crippen LogP contribution is -2.47. The van der Waals surface area contributed by atoms with Gasteiger partial charge in [0.15, 0.2) is 11.5 Å². The Morgan fingerprint density at radius 2 is 1.79 bits per heavy atom. The van der Waals surface area contributed by atoms with Gasteiger partial charge >= 0.3 is 0 Å². The second-order valence-electron chi connectivity index (χ2n) is 7.74. The summed E-state index contributed by atoms with van der Waals surface area (Å²) < 4.78 is 11.1. The predicted octanol–water partition coefficient (Wildman–Crippen LogP) is 1.97. The summed E-state index contributed by atoms with van der Waals surface area (Å²) in [6.07, 6.45) is -0.728. The first kappa shape index (κ1) is 24.3. The normalized spacial score (nSPS) is 15.4. The number of amides is 1. The van der Waals surface area contributed by atoms with Crippen LogP contribution < -0.4 is 5.32 Å². The highest BCUT2D eigenvalue weighted by Crippen LogP contribution is 2.11. The fourth-order valence-corrected chi connectivity index (χ4v) is 3.33. The molecular weight excluding hydrogens is 420 g/mol. The minimum absolute atomic E-state index is 0.218. The average molecular weight is 449 g/mol. The van der Waals surface area contributed by atoms with Crippen molar-refractivity contribution < 1.29 is 23.8 Å². The van der Waals surface area contributed by atoms with E-state index in [1.54, 1.807) is 31.2 Å². The van der Waals surface area contributed by atoms with Gasteiger partial charge in [-0.15, -0.1) is 0 Å². The van der Waals surface area contributed by atoms with Gasteiger partial charge in [-0.25, -0.2) is 0 Å². The summed E-state index contributed by atoms with van der Waals surface area (Å²) in [7, 11) is 0. The molecule has 7 heteroatoms. The second-order valence-corrected chi connectivity index (χ2v) is 7.74. The maximum absolute atomic E-state index is 12.4. The van der Waals surface area contributed by atoms with Crippen molar-refractivity contribution in [3.63, 3.8) is 0 Å². The van der Waals surface area contributed by atoms with Crippen LogP contribution in [0.15, 0.2) is 40.8 Å².